The summed E-state index contributed by atoms with van der Waals surface area (Å²) in [6.45, 7) is 7.20. The van der Waals surface area contributed by atoms with E-state index in [1.165, 1.54) is 13.8 Å². The predicted molar refractivity (Wildman–Crippen MR) is 78.1 cm³/mol. The van der Waals surface area contributed by atoms with Crippen LogP contribution in [0.3, 0.4) is 0 Å². The summed E-state index contributed by atoms with van der Waals surface area (Å²) in [5, 5.41) is 2.68. The van der Waals surface area contributed by atoms with Crippen molar-refractivity contribution in [2.45, 2.75) is 40.0 Å². The van der Waals surface area contributed by atoms with E-state index in [0.717, 1.165) is 12.8 Å². The number of amides is 3. The molecule has 3 amide bonds. The van der Waals surface area contributed by atoms with E-state index in [9.17, 15) is 14.4 Å². The molecule has 0 saturated heterocycles. The Labute approximate surface area is 121 Å². The third-order valence-electron chi connectivity index (χ3n) is 3.10. The first kappa shape index (κ1) is 18.4. The highest BCUT2D eigenvalue weighted by atomic mass is 16.2. The van der Waals surface area contributed by atoms with Crippen LogP contribution in [0.5, 0.6) is 0 Å². The fourth-order valence-corrected chi connectivity index (χ4v) is 1.84. The monoisotopic (exact) mass is 285 g/mol. The molecule has 0 heterocycles. The molecule has 0 fully saturated rings. The Morgan fingerprint density at radius 2 is 1.60 bits per heavy atom. The van der Waals surface area contributed by atoms with Crippen LogP contribution in [0.25, 0.3) is 0 Å². The molecule has 0 saturated carbocycles. The minimum Gasteiger partial charge on any atom is -0.355 e. The summed E-state index contributed by atoms with van der Waals surface area (Å²) in [6, 6.07) is 0. The summed E-state index contributed by atoms with van der Waals surface area (Å²) in [5.41, 5.74) is 0. The highest BCUT2D eigenvalue weighted by molar-refractivity contribution is 5.75. The second-order valence-electron chi connectivity index (χ2n) is 4.86. The van der Waals surface area contributed by atoms with Gasteiger partial charge >= 0.3 is 0 Å². The van der Waals surface area contributed by atoms with Crippen molar-refractivity contribution < 1.29 is 14.4 Å². The first-order chi connectivity index (χ1) is 9.38. The van der Waals surface area contributed by atoms with Gasteiger partial charge in [-0.2, -0.15) is 0 Å². The fraction of sp³-hybridized carbons (Fsp3) is 0.786. The number of carbonyl (C=O) groups is 3. The van der Waals surface area contributed by atoms with Gasteiger partial charge in [0.25, 0.3) is 0 Å². The van der Waals surface area contributed by atoms with Crippen molar-refractivity contribution in [2.24, 2.45) is 0 Å². The minimum absolute atomic E-state index is 0.00772. The number of nitrogens with one attached hydrogen (secondary N) is 1. The van der Waals surface area contributed by atoms with E-state index in [1.54, 1.807) is 16.8 Å². The summed E-state index contributed by atoms with van der Waals surface area (Å²) >= 11 is 0. The highest BCUT2D eigenvalue weighted by Gasteiger charge is 2.09. The maximum atomic E-state index is 11.5. The zero-order valence-electron chi connectivity index (χ0n) is 13.1. The Morgan fingerprint density at radius 3 is 2.10 bits per heavy atom. The molecule has 20 heavy (non-hydrogen) atoms. The summed E-state index contributed by atoms with van der Waals surface area (Å²) in [5.74, 6) is 0.0561. The highest BCUT2D eigenvalue weighted by Crippen LogP contribution is 1.99. The maximum absolute atomic E-state index is 11.5. The van der Waals surface area contributed by atoms with E-state index in [-0.39, 0.29) is 17.7 Å². The molecule has 0 aliphatic carbocycles. The SMILES string of the molecule is CCC(=O)N(C)CCCCN(CCNC(C)=O)C(C)=O. The largest absolute Gasteiger partial charge is 0.355 e. The minimum atomic E-state index is -0.0896. The molecular formula is C14H27N3O3. The smallest absolute Gasteiger partial charge is 0.222 e. The zero-order valence-corrected chi connectivity index (χ0v) is 13.1. The average Bonchev–Trinajstić information content (AvgIpc) is 2.39. The molecule has 6 nitrogen and oxygen atoms in total. The van der Waals surface area contributed by atoms with Gasteiger partial charge in [0, 0.05) is 53.5 Å². The van der Waals surface area contributed by atoms with E-state index in [1.807, 2.05) is 6.92 Å². The topological polar surface area (TPSA) is 69.7 Å². The Kier molecular flexibility index (Phi) is 9.41. The van der Waals surface area contributed by atoms with Gasteiger partial charge < -0.3 is 15.1 Å². The summed E-state index contributed by atoms with van der Waals surface area (Å²) in [4.78, 5) is 37.0. The molecular weight excluding hydrogens is 258 g/mol. The fourth-order valence-electron chi connectivity index (χ4n) is 1.84. The van der Waals surface area contributed by atoms with Gasteiger partial charge in [-0.1, -0.05) is 6.92 Å². The number of hydrogen-bond acceptors (Lipinski definition) is 3. The van der Waals surface area contributed by atoms with Crippen LogP contribution in [0.15, 0.2) is 0 Å². The second-order valence-corrected chi connectivity index (χ2v) is 4.86. The van der Waals surface area contributed by atoms with Crippen LogP contribution >= 0.6 is 0 Å². The number of carbonyl (C=O) groups excluding carboxylic acids is 3. The lowest BCUT2D eigenvalue weighted by atomic mass is 10.2. The molecule has 0 unspecified atom stereocenters. The maximum Gasteiger partial charge on any atom is 0.222 e. The quantitative estimate of drug-likeness (QED) is 0.631. The lowest BCUT2D eigenvalue weighted by molar-refractivity contribution is -0.130. The third-order valence-corrected chi connectivity index (χ3v) is 3.10. The Balaban J connectivity index is 3.89. The van der Waals surface area contributed by atoms with Gasteiger partial charge in [-0.15, -0.1) is 0 Å². The Bertz CT molecular complexity index is 332. The van der Waals surface area contributed by atoms with E-state index in [2.05, 4.69) is 5.32 Å². The number of rotatable bonds is 9. The van der Waals surface area contributed by atoms with Crippen LogP contribution in [0, 0.1) is 0 Å². The van der Waals surface area contributed by atoms with Gasteiger partial charge in [0.05, 0.1) is 0 Å². The molecule has 0 radical (unpaired) electrons. The molecule has 6 heteroatoms. The van der Waals surface area contributed by atoms with Gasteiger partial charge in [-0.25, -0.2) is 0 Å². The van der Waals surface area contributed by atoms with Crippen LogP contribution in [-0.4, -0.2) is 60.7 Å². The standard InChI is InChI=1S/C14H27N3O3/c1-5-14(20)16(4)9-6-7-10-17(13(3)19)11-8-15-12(2)18/h5-11H2,1-4H3,(H,15,18). The lowest BCUT2D eigenvalue weighted by Gasteiger charge is -2.22. The molecule has 0 aliphatic rings. The van der Waals surface area contributed by atoms with Crippen molar-refractivity contribution >= 4 is 17.7 Å². The first-order valence-corrected chi connectivity index (χ1v) is 7.12. The molecule has 0 aromatic rings. The van der Waals surface area contributed by atoms with Crippen LogP contribution in [0.1, 0.15) is 40.0 Å². The Morgan fingerprint density at radius 1 is 1.00 bits per heavy atom. The van der Waals surface area contributed by atoms with Crippen LogP contribution < -0.4 is 5.32 Å². The van der Waals surface area contributed by atoms with Crippen molar-refractivity contribution in [2.75, 3.05) is 33.2 Å². The van der Waals surface area contributed by atoms with Crippen LogP contribution in [0.2, 0.25) is 0 Å². The van der Waals surface area contributed by atoms with Crippen molar-refractivity contribution in [1.29, 1.82) is 0 Å². The van der Waals surface area contributed by atoms with Gasteiger partial charge in [-0.05, 0) is 12.8 Å². The van der Waals surface area contributed by atoms with Gasteiger partial charge in [0.15, 0.2) is 0 Å². The van der Waals surface area contributed by atoms with Crippen molar-refractivity contribution in [1.82, 2.24) is 15.1 Å². The number of hydrogen-bond donors (Lipinski definition) is 1. The summed E-state index contributed by atoms with van der Waals surface area (Å²) in [7, 11) is 1.80. The molecule has 0 bridgehead atoms. The lowest BCUT2D eigenvalue weighted by Crippen LogP contribution is -2.37. The molecule has 0 spiro atoms. The van der Waals surface area contributed by atoms with Gasteiger partial charge in [0.2, 0.25) is 17.7 Å². The van der Waals surface area contributed by atoms with E-state index < -0.39 is 0 Å². The van der Waals surface area contributed by atoms with Gasteiger partial charge in [0.1, 0.15) is 0 Å². The molecule has 0 rings (SSSR count). The van der Waals surface area contributed by atoms with E-state index in [4.69, 9.17) is 0 Å². The average molecular weight is 285 g/mol. The zero-order chi connectivity index (χ0) is 15.5. The van der Waals surface area contributed by atoms with E-state index in [0.29, 0.717) is 32.6 Å². The molecule has 0 aliphatic heterocycles. The Hall–Kier alpha value is -1.59. The molecule has 0 aromatic heterocycles. The van der Waals surface area contributed by atoms with Crippen molar-refractivity contribution in [3.63, 3.8) is 0 Å². The first-order valence-electron chi connectivity index (χ1n) is 7.12. The third kappa shape index (κ3) is 8.50. The molecule has 116 valence electrons. The molecule has 0 aromatic carbocycles. The van der Waals surface area contributed by atoms with Crippen molar-refractivity contribution in [3.8, 4) is 0 Å². The summed E-state index contributed by atoms with van der Waals surface area (Å²) < 4.78 is 0. The summed E-state index contributed by atoms with van der Waals surface area (Å²) in [6.07, 6.45) is 2.24. The second kappa shape index (κ2) is 10.2. The van der Waals surface area contributed by atoms with E-state index >= 15 is 0 Å². The van der Waals surface area contributed by atoms with Crippen LogP contribution in [-0.2, 0) is 14.4 Å². The molecule has 1 N–H and O–H groups in total. The predicted octanol–water partition coefficient (Wildman–Crippen LogP) is 0.620. The van der Waals surface area contributed by atoms with Crippen LogP contribution in [0.4, 0.5) is 0 Å². The molecule has 0 atom stereocenters. The number of unbranched alkanes of at least 4 members (excludes halogenated alkanes) is 1. The van der Waals surface area contributed by atoms with Crippen molar-refractivity contribution in [3.05, 3.63) is 0 Å². The number of nitrogens with zero attached hydrogens (tertiary/aromatic N) is 2. The van der Waals surface area contributed by atoms with Gasteiger partial charge in [-0.3, -0.25) is 14.4 Å². The normalized spacial score (nSPS) is 10.0.